The highest BCUT2D eigenvalue weighted by Crippen LogP contribution is 2.28. The van der Waals surface area contributed by atoms with Crippen molar-refractivity contribution in [2.24, 2.45) is 0 Å². The van der Waals surface area contributed by atoms with Crippen LogP contribution in [0.2, 0.25) is 5.02 Å². The normalized spacial score (nSPS) is 13.9. The molecule has 3 rings (SSSR count). The molecule has 0 fully saturated rings. The highest BCUT2D eigenvalue weighted by atomic mass is 35.5. The summed E-state index contributed by atoms with van der Waals surface area (Å²) < 4.78 is 0. The third kappa shape index (κ3) is 3.61. The molecule has 1 aliphatic rings. The SMILES string of the molecule is CCC(=O)Nc1ccc(Cl)c(NC(=O)C(C)N2C(=O)c3ccccc3C2=O)c1. The fraction of sp³-hybridized carbons (Fsp3) is 0.200. The number of nitrogens with zero attached hydrogens (tertiary/aromatic N) is 1. The number of halogens is 1. The predicted molar refractivity (Wildman–Crippen MR) is 105 cm³/mol. The van der Waals surface area contributed by atoms with Gasteiger partial charge in [-0.1, -0.05) is 30.7 Å². The zero-order valence-corrected chi connectivity index (χ0v) is 16.0. The fourth-order valence-electron chi connectivity index (χ4n) is 2.86. The van der Waals surface area contributed by atoms with Gasteiger partial charge in [-0.05, 0) is 37.3 Å². The maximum Gasteiger partial charge on any atom is 0.262 e. The summed E-state index contributed by atoms with van der Waals surface area (Å²) in [7, 11) is 0. The second-order valence-corrected chi connectivity index (χ2v) is 6.69. The molecule has 0 saturated carbocycles. The molecule has 144 valence electrons. The third-order valence-corrected chi connectivity index (χ3v) is 4.75. The van der Waals surface area contributed by atoms with Gasteiger partial charge in [0, 0.05) is 12.1 Å². The largest absolute Gasteiger partial charge is 0.326 e. The van der Waals surface area contributed by atoms with Gasteiger partial charge in [0.25, 0.3) is 11.8 Å². The van der Waals surface area contributed by atoms with Crippen LogP contribution in [0.5, 0.6) is 0 Å². The van der Waals surface area contributed by atoms with Gasteiger partial charge in [0.1, 0.15) is 6.04 Å². The molecule has 1 unspecified atom stereocenters. The molecule has 0 spiro atoms. The van der Waals surface area contributed by atoms with Crippen molar-refractivity contribution < 1.29 is 19.2 Å². The Labute approximate surface area is 166 Å². The number of amides is 4. The lowest BCUT2D eigenvalue weighted by molar-refractivity contribution is -0.119. The molecule has 7 nitrogen and oxygen atoms in total. The van der Waals surface area contributed by atoms with Gasteiger partial charge in [-0.3, -0.25) is 24.1 Å². The lowest BCUT2D eigenvalue weighted by Gasteiger charge is -2.22. The smallest absolute Gasteiger partial charge is 0.262 e. The molecule has 0 radical (unpaired) electrons. The molecule has 4 amide bonds. The van der Waals surface area contributed by atoms with Crippen molar-refractivity contribution in [3.63, 3.8) is 0 Å². The van der Waals surface area contributed by atoms with E-state index in [-0.39, 0.29) is 27.7 Å². The van der Waals surface area contributed by atoms with Crippen LogP contribution in [0.4, 0.5) is 11.4 Å². The minimum Gasteiger partial charge on any atom is -0.326 e. The number of anilines is 2. The molecule has 0 saturated heterocycles. The Kier molecular flexibility index (Phi) is 5.46. The van der Waals surface area contributed by atoms with Crippen molar-refractivity contribution in [1.82, 2.24) is 4.90 Å². The van der Waals surface area contributed by atoms with Gasteiger partial charge in [0.2, 0.25) is 11.8 Å². The van der Waals surface area contributed by atoms with E-state index in [9.17, 15) is 19.2 Å². The Morgan fingerprint density at radius 2 is 1.64 bits per heavy atom. The summed E-state index contributed by atoms with van der Waals surface area (Å²) in [6, 6.07) is 10.0. The number of hydrogen-bond donors (Lipinski definition) is 2. The molecule has 1 atom stereocenters. The number of benzene rings is 2. The first-order valence-electron chi connectivity index (χ1n) is 8.70. The second kappa shape index (κ2) is 7.82. The molecule has 2 N–H and O–H groups in total. The van der Waals surface area contributed by atoms with E-state index in [4.69, 9.17) is 11.6 Å². The zero-order valence-electron chi connectivity index (χ0n) is 15.3. The standard InChI is InChI=1S/C20H18ClN3O4/c1-3-17(25)22-12-8-9-15(21)16(10-12)23-18(26)11(2)24-19(27)13-6-4-5-7-14(13)20(24)28/h4-11H,3H2,1-2H3,(H,22,25)(H,23,26). The van der Waals surface area contributed by atoms with Gasteiger partial charge in [-0.15, -0.1) is 0 Å². The number of fused-ring (bicyclic) bond motifs is 1. The Morgan fingerprint density at radius 1 is 1.04 bits per heavy atom. The van der Waals surface area contributed by atoms with E-state index in [1.807, 2.05) is 0 Å². The first-order chi connectivity index (χ1) is 13.3. The average molecular weight is 400 g/mol. The van der Waals surface area contributed by atoms with E-state index < -0.39 is 23.8 Å². The van der Waals surface area contributed by atoms with E-state index in [2.05, 4.69) is 10.6 Å². The van der Waals surface area contributed by atoms with E-state index in [1.54, 1.807) is 37.3 Å². The van der Waals surface area contributed by atoms with Gasteiger partial charge in [-0.2, -0.15) is 0 Å². The number of imide groups is 1. The summed E-state index contributed by atoms with van der Waals surface area (Å²) >= 11 is 6.13. The van der Waals surface area contributed by atoms with Crippen LogP contribution in [-0.4, -0.2) is 34.6 Å². The van der Waals surface area contributed by atoms with Crippen molar-refractivity contribution >= 4 is 46.6 Å². The summed E-state index contributed by atoms with van der Waals surface area (Å²) in [5, 5.41) is 5.55. The van der Waals surface area contributed by atoms with E-state index in [0.29, 0.717) is 12.1 Å². The minimum atomic E-state index is -1.04. The Bertz CT molecular complexity index is 954. The molecule has 1 heterocycles. The van der Waals surface area contributed by atoms with Crippen LogP contribution in [0.15, 0.2) is 42.5 Å². The van der Waals surface area contributed by atoms with Crippen molar-refractivity contribution in [2.45, 2.75) is 26.3 Å². The van der Waals surface area contributed by atoms with Gasteiger partial charge >= 0.3 is 0 Å². The number of hydrogen-bond acceptors (Lipinski definition) is 4. The van der Waals surface area contributed by atoms with Gasteiger partial charge in [0.05, 0.1) is 21.8 Å². The number of carbonyl (C=O) groups excluding carboxylic acids is 4. The lowest BCUT2D eigenvalue weighted by atomic mass is 10.1. The van der Waals surface area contributed by atoms with E-state index >= 15 is 0 Å². The van der Waals surface area contributed by atoms with Crippen LogP contribution in [-0.2, 0) is 9.59 Å². The molecule has 2 aromatic rings. The van der Waals surface area contributed by atoms with E-state index in [1.165, 1.54) is 19.1 Å². The molecule has 0 aliphatic carbocycles. The van der Waals surface area contributed by atoms with Crippen LogP contribution < -0.4 is 10.6 Å². The van der Waals surface area contributed by atoms with Gasteiger partial charge in [-0.25, -0.2) is 0 Å². The maximum absolute atomic E-state index is 12.7. The summed E-state index contributed by atoms with van der Waals surface area (Å²) in [5.41, 5.74) is 1.29. The molecule has 0 aromatic heterocycles. The fourth-order valence-corrected chi connectivity index (χ4v) is 3.03. The van der Waals surface area contributed by atoms with Crippen molar-refractivity contribution in [3.8, 4) is 0 Å². The predicted octanol–water partition coefficient (Wildman–Crippen LogP) is 3.31. The third-order valence-electron chi connectivity index (χ3n) is 4.42. The van der Waals surface area contributed by atoms with Crippen molar-refractivity contribution in [1.29, 1.82) is 0 Å². The lowest BCUT2D eigenvalue weighted by Crippen LogP contribution is -2.45. The summed E-state index contributed by atoms with van der Waals surface area (Å²) in [6.45, 7) is 3.19. The summed E-state index contributed by atoms with van der Waals surface area (Å²) in [5.74, 6) is -1.79. The molecular formula is C20H18ClN3O4. The summed E-state index contributed by atoms with van der Waals surface area (Å²) in [4.78, 5) is 50.2. The van der Waals surface area contributed by atoms with E-state index in [0.717, 1.165) is 4.90 Å². The quantitative estimate of drug-likeness (QED) is 0.754. The molecule has 28 heavy (non-hydrogen) atoms. The average Bonchev–Trinajstić information content (AvgIpc) is 2.94. The molecule has 1 aliphatic heterocycles. The molecule has 2 aromatic carbocycles. The zero-order chi connectivity index (χ0) is 20.4. The second-order valence-electron chi connectivity index (χ2n) is 6.29. The maximum atomic E-state index is 12.7. The summed E-state index contributed by atoms with van der Waals surface area (Å²) in [6.07, 6.45) is 0.307. The number of nitrogens with one attached hydrogen (secondary N) is 2. The van der Waals surface area contributed by atoms with Crippen LogP contribution in [0.25, 0.3) is 0 Å². The van der Waals surface area contributed by atoms with Gasteiger partial charge in [0.15, 0.2) is 0 Å². The molecular weight excluding hydrogens is 382 g/mol. The topological polar surface area (TPSA) is 95.6 Å². The number of carbonyl (C=O) groups is 4. The Hall–Kier alpha value is -3.19. The van der Waals surface area contributed by atoms with Crippen LogP contribution >= 0.6 is 11.6 Å². The van der Waals surface area contributed by atoms with Crippen molar-refractivity contribution in [2.75, 3.05) is 10.6 Å². The van der Waals surface area contributed by atoms with Crippen molar-refractivity contribution in [3.05, 3.63) is 58.6 Å². The van der Waals surface area contributed by atoms with Crippen LogP contribution in [0.1, 0.15) is 41.0 Å². The monoisotopic (exact) mass is 399 g/mol. The number of rotatable bonds is 5. The van der Waals surface area contributed by atoms with Crippen LogP contribution in [0, 0.1) is 0 Å². The van der Waals surface area contributed by atoms with Gasteiger partial charge < -0.3 is 10.6 Å². The highest BCUT2D eigenvalue weighted by molar-refractivity contribution is 6.34. The molecule has 8 heteroatoms. The Morgan fingerprint density at radius 3 is 2.21 bits per heavy atom. The first kappa shape index (κ1) is 19.6. The van der Waals surface area contributed by atoms with Crippen LogP contribution in [0.3, 0.4) is 0 Å². The first-order valence-corrected chi connectivity index (χ1v) is 9.08. The minimum absolute atomic E-state index is 0.181. The Balaban J connectivity index is 1.78. The highest BCUT2D eigenvalue weighted by Gasteiger charge is 2.40. The molecule has 0 bridgehead atoms.